The summed E-state index contributed by atoms with van der Waals surface area (Å²) >= 11 is 0. The van der Waals surface area contributed by atoms with E-state index < -0.39 is 12.0 Å². The zero-order valence-electron chi connectivity index (χ0n) is 23.2. The minimum atomic E-state index is -0.909. The van der Waals surface area contributed by atoms with Gasteiger partial charge in [0.1, 0.15) is 6.04 Å². The Morgan fingerprint density at radius 2 is 1.43 bits per heavy atom. The summed E-state index contributed by atoms with van der Waals surface area (Å²) in [6.45, 7) is 6.46. The van der Waals surface area contributed by atoms with Crippen LogP contribution in [0.5, 0.6) is 0 Å². The maximum absolute atomic E-state index is 13.6. The van der Waals surface area contributed by atoms with E-state index in [2.05, 4.69) is 49.6 Å². The Morgan fingerprint density at radius 3 is 2.10 bits per heavy atom. The van der Waals surface area contributed by atoms with Crippen LogP contribution in [0.4, 0.5) is 11.4 Å². The molecule has 0 radical (unpaired) electrons. The molecule has 206 valence electrons. The first-order valence-electron chi connectivity index (χ1n) is 13.6. The van der Waals surface area contributed by atoms with Crippen molar-refractivity contribution in [2.24, 2.45) is 0 Å². The maximum atomic E-state index is 13.6. The topological polar surface area (TPSA) is 95.5 Å². The third-order valence-corrected chi connectivity index (χ3v) is 6.98. The summed E-state index contributed by atoms with van der Waals surface area (Å²) in [5.41, 5.74) is 4.22. The van der Waals surface area contributed by atoms with Gasteiger partial charge >= 0.3 is 5.97 Å². The van der Waals surface area contributed by atoms with E-state index in [9.17, 15) is 14.4 Å². The van der Waals surface area contributed by atoms with E-state index in [1.807, 2.05) is 48.5 Å². The molecule has 0 saturated carbocycles. The van der Waals surface area contributed by atoms with Crippen LogP contribution in [0.3, 0.4) is 0 Å². The number of amides is 1. The number of aliphatic carboxylic acids is 1. The Labute approximate surface area is 235 Å². The first kappa shape index (κ1) is 28.6. The number of Topliss-reactive ketones (excluding diaryl/α,β-unsaturated/α-hetero) is 1. The number of rotatable bonds is 11. The number of hydrogen-bond donors (Lipinski definition) is 3. The van der Waals surface area contributed by atoms with Gasteiger partial charge in [-0.1, -0.05) is 75.4 Å². The van der Waals surface area contributed by atoms with Gasteiger partial charge in [-0.05, 0) is 70.1 Å². The minimum absolute atomic E-state index is 0.0186. The van der Waals surface area contributed by atoms with E-state index in [-0.39, 0.29) is 29.9 Å². The smallest absolute Gasteiger partial charge is 0.303 e. The number of ketones is 1. The van der Waals surface area contributed by atoms with Gasteiger partial charge in [0.15, 0.2) is 5.78 Å². The minimum Gasteiger partial charge on any atom is -0.481 e. The third-order valence-electron chi connectivity index (χ3n) is 6.98. The molecule has 4 rings (SSSR count). The van der Waals surface area contributed by atoms with E-state index in [1.54, 1.807) is 24.3 Å². The highest BCUT2D eigenvalue weighted by atomic mass is 16.4. The SMILES string of the molecule is CC(C)(C)c1ccc(NC(=O)[C@H](Cc2cccc3ccccc23)Nc2ccc(C(=O)CCCC(=O)O)cc2)cc1. The van der Waals surface area contributed by atoms with Crippen LogP contribution in [-0.2, 0) is 21.4 Å². The van der Waals surface area contributed by atoms with Crippen molar-refractivity contribution in [1.29, 1.82) is 0 Å². The molecule has 0 aliphatic heterocycles. The van der Waals surface area contributed by atoms with Crippen molar-refractivity contribution in [2.45, 2.75) is 57.9 Å². The Hall–Kier alpha value is -4.45. The molecule has 0 aliphatic rings. The number of carboxylic acids is 1. The lowest BCUT2D eigenvalue weighted by Crippen LogP contribution is -2.36. The number of carbonyl (C=O) groups excluding carboxylic acids is 2. The van der Waals surface area contributed by atoms with E-state index in [0.717, 1.165) is 22.0 Å². The fraction of sp³-hybridized carbons (Fsp3) is 0.265. The number of hydrogen-bond acceptors (Lipinski definition) is 4. The third kappa shape index (κ3) is 7.56. The Balaban J connectivity index is 1.54. The number of benzene rings is 4. The summed E-state index contributed by atoms with van der Waals surface area (Å²) in [5.74, 6) is -1.17. The van der Waals surface area contributed by atoms with Gasteiger partial charge < -0.3 is 15.7 Å². The van der Waals surface area contributed by atoms with Crippen molar-refractivity contribution in [3.63, 3.8) is 0 Å². The Bertz CT molecular complexity index is 1480. The summed E-state index contributed by atoms with van der Waals surface area (Å²) in [6.07, 6.45) is 0.912. The van der Waals surface area contributed by atoms with E-state index >= 15 is 0 Å². The molecule has 3 N–H and O–H groups in total. The number of carbonyl (C=O) groups is 3. The lowest BCUT2D eigenvalue weighted by atomic mass is 9.87. The van der Waals surface area contributed by atoms with Gasteiger partial charge in [-0.2, -0.15) is 0 Å². The molecule has 0 aromatic heterocycles. The Kier molecular flexibility index (Phi) is 9.00. The van der Waals surface area contributed by atoms with Gasteiger partial charge in [-0.3, -0.25) is 14.4 Å². The van der Waals surface area contributed by atoms with Gasteiger partial charge in [0.25, 0.3) is 0 Å². The van der Waals surface area contributed by atoms with Crippen LogP contribution in [0.1, 0.15) is 61.5 Å². The second-order valence-corrected chi connectivity index (χ2v) is 11.1. The summed E-state index contributed by atoms with van der Waals surface area (Å²) in [7, 11) is 0. The molecule has 0 aliphatic carbocycles. The molecule has 1 amide bonds. The van der Waals surface area contributed by atoms with Gasteiger partial charge in [0.05, 0.1) is 0 Å². The van der Waals surface area contributed by atoms with Crippen LogP contribution >= 0.6 is 0 Å². The molecule has 0 fully saturated rings. The predicted molar refractivity (Wildman–Crippen MR) is 161 cm³/mol. The van der Waals surface area contributed by atoms with Crippen molar-refractivity contribution in [3.8, 4) is 0 Å². The largest absolute Gasteiger partial charge is 0.481 e. The number of fused-ring (bicyclic) bond motifs is 1. The summed E-state index contributed by atoms with van der Waals surface area (Å²) in [5, 5.41) is 17.5. The summed E-state index contributed by atoms with van der Waals surface area (Å²) in [4.78, 5) is 36.8. The molecule has 6 heteroatoms. The molecule has 4 aromatic carbocycles. The van der Waals surface area contributed by atoms with Crippen LogP contribution in [0.2, 0.25) is 0 Å². The van der Waals surface area contributed by atoms with E-state index in [0.29, 0.717) is 24.1 Å². The zero-order valence-corrected chi connectivity index (χ0v) is 23.2. The normalized spacial score (nSPS) is 12.1. The molecule has 40 heavy (non-hydrogen) atoms. The molecule has 0 saturated heterocycles. The van der Waals surface area contributed by atoms with Crippen LogP contribution in [-0.4, -0.2) is 28.8 Å². The highest BCUT2D eigenvalue weighted by molar-refractivity contribution is 5.98. The van der Waals surface area contributed by atoms with E-state index in [4.69, 9.17) is 5.11 Å². The molecule has 6 nitrogen and oxygen atoms in total. The van der Waals surface area contributed by atoms with Crippen LogP contribution in [0.25, 0.3) is 10.8 Å². The number of nitrogens with one attached hydrogen (secondary N) is 2. The first-order chi connectivity index (χ1) is 19.1. The van der Waals surface area contributed by atoms with Crippen molar-refractivity contribution in [2.75, 3.05) is 10.6 Å². The second-order valence-electron chi connectivity index (χ2n) is 11.1. The van der Waals surface area contributed by atoms with Crippen molar-refractivity contribution >= 4 is 39.8 Å². The molecule has 0 unspecified atom stereocenters. The Morgan fingerprint density at radius 1 is 0.775 bits per heavy atom. The van der Waals surface area contributed by atoms with E-state index in [1.165, 1.54) is 5.56 Å². The van der Waals surface area contributed by atoms with Crippen LogP contribution < -0.4 is 10.6 Å². The lowest BCUT2D eigenvalue weighted by molar-refractivity contribution is -0.137. The monoisotopic (exact) mass is 536 g/mol. The van der Waals surface area contributed by atoms with Gasteiger partial charge in [0, 0.05) is 36.2 Å². The highest BCUT2D eigenvalue weighted by Gasteiger charge is 2.21. The van der Waals surface area contributed by atoms with Crippen LogP contribution in [0, 0.1) is 0 Å². The van der Waals surface area contributed by atoms with Crippen molar-refractivity contribution in [1.82, 2.24) is 0 Å². The van der Waals surface area contributed by atoms with Gasteiger partial charge in [0.2, 0.25) is 5.91 Å². The molecule has 4 aromatic rings. The standard InChI is InChI=1S/C34H36N2O4/c1-34(2,3)26-16-20-28(21-17-26)36-33(40)30(22-25-10-6-9-23-8-4-5-11-29(23)25)35-27-18-14-24(15-19-27)31(37)12-7-13-32(38)39/h4-6,8-11,14-21,30,35H,7,12-13,22H2,1-3H3,(H,36,40)(H,38,39)/t30-/m0/s1. The summed E-state index contributed by atoms with van der Waals surface area (Å²) in [6, 6.07) is 28.6. The van der Waals surface area contributed by atoms with Crippen LogP contribution in [0.15, 0.2) is 91.0 Å². The van der Waals surface area contributed by atoms with Crippen molar-refractivity contribution in [3.05, 3.63) is 108 Å². The molecule has 1 atom stereocenters. The second kappa shape index (κ2) is 12.6. The van der Waals surface area contributed by atoms with Gasteiger partial charge in [-0.15, -0.1) is 0 Å². The number of carboxylic acid groups (broad SMARTS) is 1. The molecule has 0 bridgehead atoms. The average Bonchev–Trinajstić information content (AvgIpc) is 2.93. The fourth-order valence-electron chi connectivity index (χ4n) is 4.68. The van der Waals surface area contributed by atoms with Crippen molar-refractivity contribution < 1.29 is 19.5 Å². The maximum Gasteiger partial charge on any atom is 0.303 e. The quantitative estimate of drug-likeness (QED) is 0.176. The van der Waals surface area contributed by atoms with Gasteiger partial charge in [-0.25, -0.2) is 0 Å². The first-order valence-corrected chi connectivity index (χ1v) is 13.6. The average molecular weight is 537 g/mol. The summed E-state index contributed by atoms with van der Waals surface area (Å²) < 4.78 is 0. The molecule has 0 spiro atoms. The highest BCUT2D eigenvalue weighted by Crippen LogP contribution is 2.25. The number of anilines is 2. The zero-order chi connectivity index (χ0) is 28.7. The predicted octanol–water partition coefficient (Wildman–Crippen LogP) is 7.24. The molecular formula is C34H36N2O4. The molecular weight excluding hydrogens is 500 g/mol. The fourth-order valence-corrected chi connectivity index (χ4v) is 4.68. The lowest BCUT2D eigenvalue weighted by Gasteiger charge is -2.22. The molecule has 0 heterocycles.